The van der Waals surface area contributed by atoms with E-state index in [1.54, 1.807) is 12.4 Å². The molecule has 0 saturated heterocycles. The second-order valence-electron chi connectivity index (χ2n) is 5.70. The highest BCUT2D eigenvalue weighted by Crippen LogP contribution is 2.37. The first-order chi connectivity index (χ1) is 12.9. The highest BCUT2D eigenvalue weighted by atomic mass is 15.1. The number of aliphatic imine (C=N–C) groups is 1. The Bertz CT molecular complexity index is 1070. The van der Waals surface area contributed by atoms with Crippen molar-refractivity contribution in [3.8, 4) is 0 Å². The lowest BCUT2D eigenvalue weighted by atomic mass is 10.1. The number of aromatic nitrogens is 1. The first kappa shape index (κ1) is 15.8. The lowest BCUT2D eigenvalue weighted by Crippen LogP contribution is -1.84. The van der Waals surface area contributed by atoms with E-state index in [0.717, 1.165) is 33.5 Å². The summed E-state index contributed by atoms with van der Waals surface area (Å²) in [5.41, 5.74) is 3.11. The number of benzene rings is 3. The molecule has 3 aromatic carbocycles. The number of hydrogen-bond donors (Lipinski definition) is 0. The molecule has 26 heavy (non-hydrogen) atoms. The van der Waals surface area contributed by atoms with Crippen LogP contribution in [-0.2, 0) is 0 Å². The van der Waals surface area contributed by atoms with Crippen molar-refractivity contribution >= 4 is 34.0 Å². The molecule has 0 unspecified atom stereocenters. The number of hydrogen-bond acceptors (Lipinski definition) is 4. The van der Waals surface area contributed by atoms with Gasteiger partial charge in [0.15, 0.2) is 0 Å². The zero-order valence-corrected chi connectivity index (χ0v) is 14.0. The summed E-state index contributed by atoms with van der Waals surface area (Å²) in [5.74, 6) is 0. The molecule has 1 heterocycles. The third-order valence-electron chi connectivity index (χ3n) is 3.92. The minimum Gasteiger partial charge on any atom is -0.255 e. The van der Waals surface area contributed by atoms with Crippen LogP contribution in [0, 0.1) is 0 Å². The van der Waals surface area contributed by atoms with Crippen LogP contribution < -0.4 is 0 Å². The second-order valence-corrected chi connectivity index (χ2v) is 5.70. The van der Waals surface area contributed by atoms with Crippen molar-refractivity contribution in [2.45, 2.75) is 0 Å². The van der Waals surface area contributed by atoms with E-state index in [-0.39, 0.29) is 0 Å². The molecule has 0 spiro atoms. The largest absolute Gasteiger partial charge is 0.255 e. The minimum atomic E-state index is 0.749. The Morgan fingerprint density at radius 2 is 1.50 bits per heavy atom. The van der Waals surface area contributed by atoms with Gasteiger partial charge in [-0.15, -0.1) is 5.11 Å². The Kier molecular flexibility index (Phi) is 4.56. The van der Waals surface area contributed by atoms with Crippen LogP contribution in [-0.4, -0.2) is 11.2 Å². The molecule has 0 aliphatic heterocycles. The van der Waals surface area contributed by atoms with Gasteiger partial charge in [-0.05, 0) is 35.7 Å². The lowest BCUT2D eigenvalue weighted by Gasteiger charge is -2.05. The lowest BCUT2D eigenvalue weighted by molar-refractivity contribution is 1.23. The summed E-state index contributed by atoms with van der Waals surface area (Å²) in [6, 6.07) is 27.5. The van der Waals surface area contributed by atoms with E-state index in [0.29, 0.717) is 0 Å². The molecule has 0 aliphatic rings. The van der Waals surface area contributed by atoms with Crippen LogP contribution in [0.3, 0.4) is 0 Å². The van der Waals surface area contributed by atoms with Gasteiger partial charge in [0.25, 0.3) is 0 Å². The van der Waals surface area contributed by atoms with Crippen LogP contribution in [0.2, 0.25) is 0 Å². The van der Waals surface area contributed by atoms with Crippen molar-refractivity contribution in [1.82, 2.24) is 4.98 Å². The van der Waals surface area contributed by atoms with Crippen LogP contribution in [0.5, 0.6) is 0 Å². The van der Waals surface area contributed by atoms with Gasteiger partial charge in [0.2, 0.25) is 0 Å². The average molecular weight is 336 g/mol. The fraction of sp³-hybridized carbons (Fsp3) is 0. The molecule has 4 nitrogen and oxygen atoms in total. The van der Waals surface area contributed by atoms with Crippen molar-refractivity contribution in [2.75, 3.05) is 0 Å². The molecule has 0 fully saturated rings. The minimum absolute atomic E-state index is 0.749. The second kappa shape index (κ2) is 7.49. The van der Waals surface area contributed by atoms with Crippen LogP contribution >= 0.6 is 0 Å². The third kappa shape index (κ3) is 3.54. The van der Waals surface area contributed by atoms with Crippen molar-refractivity contribution in [1.29, 1.82) is 0 Å². The van der Waals surface area contributed by atoms with E-state index < -0.39 is 0 Å². The van der Waals surface area contributed by atoms with Crippen molar-refractivity contribution in [3.05, 3.63) is 96.8 Å². The predicted octanol–water partition coefficient (Wildman–Crippen LogP) is 6.40. The van der Waals surface area contributed by atoms with Crippen LogP contribution in [0.15, 0.2) is 106 Å². The fourth-order valence-corrected chi connectivity index (χ4v) is 2.64. The highest BCUT2D eigenvalue weighted by Gasteiger charge is 2.06. The van der Waals surface area contributed by atoms with Gasteiger partial charge in [0.1, 0.15) is 5.69 Å². The first-order valence-corrected chi connectivity index (χ1v) is 8.34. The molecule has 0 bridgehead atoms. The van der Waals surface area contributed by atoms with E-state index in [4.69, 9.17) is 0 Å². The zero-order valence-electron chi connectivity index (χ0n) is 14.0. The normalized spacial score (nSPS) is 11.5. The number of nitrogens with zero attached hydrogens (tertiary/aromatic N) is 4. The monoisotopic (exact) mass is 336 g/mol. The van der Waals surface area contributed by atoms with E-state index in [1.807, 2.05) is 78.9 Å². The molecular formula is C22H16N4. The molecule has 4 aromatic rings. The van der Waals surface area contributed by atoms with Gasteiger partial charge < -0.3 is 0 Å². The molecule has 4 heteroatoms. The quantitative estimate of drug-likeness (QED) is 0.314. The maximum Gasteiger partial charge on any atom is 0.119 e. The maximum atomic E-state index is 4.60. The smallest absolute Gasteiger partial charge is 0.119 e. The van der Waals surface area contributed by atoms with Gasteiger partial charge in [-0.3, -0.25) is 9.98 Å². The number of azo groups is 1. The van der Waals surface area contributed by atoms with Gasteiger partial charge in [-0.25, -0.2) is 0 Å². The first-order valence-electron chi connectivity index (χ1n) is 8.34. The summed E-state index contributed by atoms with van der Waals surface area (Å²) in [7, 11) is 0. The van der Waals surface area contributed by atoms with Crippen molar-refractivity contribution in [3.63, 3.8) is 0 Å². The Balaban J connectivity index is 1.79. The average Bonchev–Trinajstić information content (AvgIpc) is 2.72. The van der Waals surface area contributed by atoms with E-state index in [1.165, 1.54) is 0 Å². The summed E-state index contributed by atoms with van der Waals surface area (Å²) in [4.78, 5) is 8.87. The fourth-order valence-electron chi connectivity index (χ4n) is 2.64. The Labute approximate surface area is 151 Å². The van der Waals surface area contributed by atoms with Crippen molar-refractivity contribution < 1.29 is 0 Å². The predicted molar refractivity (Wildman–Crippen MR) is 106 cm³/mol. The van der Waals surface area contributed by atoms with Crippen LogP contribution in [0.1, 0.15) is 5.69 Å². The molecule has 4 rings (SSSR count). The van der Waals surface area contributed by atoms with Gasteiger partial charge in [0, 0.05) is 11.6 Å². The topological polar surface area (TPSA) is 50.0 Å². The Morgan fingerprint density at radius 3 is 2.35 bits per heavy atom. The third-order valence-corrected chi connectivity index (χ3v) is 3.92. The summed E-state index contributed by atoms with van der Waals surface area (Å²) in [6.45, 7) is 0. The molecule has 0 radical (unpaired) electrons. The molecule has 0 atom stereocenters. The van der Waals surface area contributed by atoms with E-state index >= 15 is 0 Å². The summed E-state index contributed by atoms with van der Waals surface area (Å²) >= 11 is 0. The highest BCUT2D eigenvalue weighted by molar-refractivity contribution is 5.98. The van der Waals surface area contributed by atoms with E-state index in [9.17, 15) is 0 Å². The molecule has 0 N–H and O–H groups in total. The molecule has 0 amide bonds. The van der Waals surface area contributed by atoms with Crippen LogP contribution in [0.25, 0.3) is 10.8 Å². The van der Waals surface area contributed by atoms with Gasteiger partial charge >= 0.3 is 0 Å². The summed E-state index contributed by atoms with van der Waals surface area (Å²) in [5, 5.41) is 11.0. The molecule has 1 aromatic heterocycles. The van der Waals surface area contributed by atoms with Gasteiger partial charge in [-0.1, -0.05) is 54.6 Å². The number of pyridine rings is 1. The standard InChI is InChI=1S/C22H16N4/c1-2-9-18(10-3-1)25-26-22-20-12-5-4-8-17(20)13-14-21(22)24-16-19-11-6-7-15-23-19/h1-16H. The van der Waals surface area contributed by atoms with Crippen LogP contribution in [0.4, 0.5) is 17.1 Å². The maximum absolute atomic E-state index is 4.60. The van der Waals surface area contributed by atoms with Gasteiger partial charge in [0.05, 0.1) is 23.3 Å². The summed E-state index contributed by atoms with van der Waals surface area (Å²) in [6.07, 6.45) is 3.49. The van der Waals surface area contributed by atoms with Crippen molar-refractivity contribution in [2.24, 2.45) is 15.2 Å². The number of fused-ring (bicyclic) bond motifs is 1. The zero-order chi connectivity index (χ0) is 17.6. The Hall–Kier alpha value is -3.66. The summed E-state index contributed by atoms with van der Waals surface area (Å²) < 4.78 is 0. The number of rotatable bonds is 4. The van der Waals surface area contributed by atoms with Gasteiger partial charge in [-0.2, -0.15) is 5.11 Å². The molecule has 124 valence electrons. The molecular weight excluding hydrogens is 320 g/mol. The molecule has 0 aliphatic carbocycles. The Morgan fingerprint density at radius 1 is 0.692 bits per heavy atom. The molecule has 0 saturated carbocycles. The SMILES string of the molecule is C(=Nc1ccc2ccccc2c1N=Nc1ccccc1)c1ccccn1. The van der Waals surface area contributed by atoms with E-state index in [2.05, 4.69) is 26.3 Å².